The van der Waals surface area contributed by atoms with Gasteiger partial charge in [-0.05, 0) is 37.3 Å². The number of amides is 1. The molecule has 1 fully saturated rings. The predicted octanol–water partition coefficient (Wildman–Crippen LogP) is 1.91. The summed E-state index contributed by atoms with van der Waals surface area (Å²) in [5, 5.41) is 3.69. The minimum absolute atomic E-state index is 0.168. The van der Waals surface area contributed by atoms with Gasteiger partial charge in [-0.1, -0.05) is 41.4 Å². The number of carbonyl (C=O) groups is 1. The number of nitrogens with zero attached hydrogens (tertiary/aromatic N) is 1. The van der Waals surface area contributed by atoms with Gasteiger partial charge in [0.05, 0.1) is 41.8 Å². The molecular formula is C19H22Cl2N3O3S+. The largest absolute Gasteiger partial charge is 0.323 e. The van der Waals surface area contributed by atoms with E-state index < -0.39 is 10.0 Å². The third-order valence-corrected chi connectivity index (χ3v) is 7.40. The average Bonchev–Trinajstić information content (AvgIpc) is 2.70. The fourth-order valence-corrected chi connectivity index (χ4v) is 5.12. The lowest BCUT2D eigenvalue weighted by Gasteiger charge is -2.34. The van der Waals surface area contributed by atoms with Gasteiger partial charge in [0.15, 0.2) is 6.04 Å². The van der Waals surface area contributed by atoms with Crippen molar-refractivity contribution in [3.63, 3.8) is 0 Å². The summed E-state index contributed by atoms with van der Waals surface area (Å²) in [4.78, 5) is 13.9. The molecule has 0 unspecified atom stereocenters. The number of halogens is 2. The third kappa shape index (κ3) is 4.67. The van der Waals surface area contributed by atoms with Crippen LogP contribution < -0.4 is 10.2 Å². The van der Waals surface area contributed by atoms with Crippen molar-refractivity contribution in [3.05, 3.63) is 58.6 Å². The molecule has 2 N–H and O–H groups in total. The molecule has 1 saturated heterocycles. The molecule has 1 aliphatic heterocycles. The zero-order chi connectivity index (χ0) is 20.3. The zero-order valence-corrected chi connectivity index (χ0v) is 17.7. The van der Waals surface area contributed by atoms with Gasteiger partial charge in [-0.25, -0.2) is 8.42 Å². The summed E-state index contributed by atoms with van der Waals surface area (Å²) in [6, 6.07) is 13.0. The monoisotopic (exact) mass is 442 g/mol. The van der Waals surface area contributed by atoms with Gasteiger partial charge < -0.3 is 10.2 Å². The van der Waals surface area contributed by atoms with E-state index in [2.05, 4.69) is 5.32 Å². The smallest absolute Gasteiger partial charge is 0.282 e. The summed E-state index contributed by atoms with van der Waals surface area (Å²) in [6.07, 6.45) is 0. The van der Waals surface area contributed by atoms with E-state index in [0.717, 1.165) is 4.90 Å². The Balaban J connectivity index is 1.60. The van der Waals surface area contributed by atoms with Gasteiger partial charge in [0.1, 0.15) is 0 Å². The van der Waals surface area contributed by atoms with Crippen LogP contribution in [-0.4, -0.2) is 50.9 Å². The number of nitrogens with one attached hydrogen (secondary N) is 2. The first-order valence-corrected chi connectivity index (χ1v) is 11.1. The first-order chi connectivity index (χ1) is 13.3. The van der Waals surface area contributed by atoms with E-state index >= 15 is 0 Å². The molecule has 2 aromatic carbocycles. The average molecular weight is 443 g/mol. The SMILES string of the molecule is C[C@@H](C(=O)Nc1ccc(Cl)cc1Cl)[NH+]1CCN(S(=O)(=O)c2ccccc2)CC1. The standard InChI is InChI=1S/C19H21Cl2N3O3S/c1-14(19(25)22-18-8-7-15(20)13-17(18)21)23-9-11-24(12-10-23)28(26,27)16-5-3-2-4-6-16/h2-8,13-14H,9-12H2,1H3,(H,22,25)/p+1/t14-/m0/s1. The van der Waals surface area contributed by atoms with Crippen LogP contribution in [0.4, 0.5) is 5.69 Å². The number of carbonyl (C=O) groups excluding carboxylic acids is 1. The van der Waals surface area contributed by atoms with Crippen LogP contribution in [0.5, 0.6) is 0 Å². The van der Waals surface area contributed by atoms with Crippen LogP contribution in [0.3, 0.4) is 0 Å². The fraction of sp³-hybridized carbons (Fsp3) is 0.316. The summed E-state index contributed by atoms with van der Waals surface area (Å²) < 4.78 is 26.9. The zero-order valence-electron chi connectivity index (χ0n) is 15.4. The summed E-state index contributed by atoms with van der Waals surface area (Å²) >= 11 is 12.0. The molecule has 1 amide bonds. The molecule has 3 rings (SSSR count). The molecule has 0 radical (unpaired) electrons. The van der Waals surface area contributed by atoms with Crippen molar-refractivity contribution in [2.75, 3.05) is 31.5 Å². The van der Waals surface area contributed by atoms with Gasteiger partial charge in [0, 0.05) is 5.02 Å². The Morgan fingerprint density at radius 1 is 1.11 bits per heavy atom. The first kappa shape index (κ1) is 21.1. The summed E-state index contributed by atoms with van der Waals surface area (Å²) in [5.41, 5.74) is 0.507. The van der Waals surface area contributed by atoms with E-state index in [1.807, 2.05) is 6.92 Å². The molecule has 0 saturated carbocycles. The molecule has 0 spiro atoms. The second-order valence-electron chi connectivity index (χ2n) is 6.71. The van der Waals surface area contributed by atoms with Crippen molar-refractivity contribution < 1.29 is 18.1 Å². The second kappa shape index (κ2) is 8.80. The molecular weight excluding hydrogens is 421 g/mol. The normalized spacial score (nSPS) is 17.2. The number of quaternary nitrogens is 1. The number of rotatable bonds is 5. The molecule has 2 aromatic rings. The minimum atomic E-state index is -3.50. The number of anilines is 1. The second-order valence-corrected chi connectivity index (χ2v) is 9.49. The molecule has 1 aliphatic rings. The van der Waals surface area contributed by atoms with Crippen molar-refractivity contribution >= 4 is 44.8 Å². The van der Waals surface area contributed by atoms with Crippen molar-refractivity contribution in [1.82, 2.24) is 4.31 Å². The highest BCUT2D eigenvalue weighted by atomic mass is 35.5. The van der Waals surface area contributed by atoms with Crippen LogP contribution in [0.2, 0.25) is 10.0 Å². The van der Waals surface area contributed by atoms with Crippen molar-refractivity contribution in [3.8, 4) is 0 Å². The lowest BCUT2D eigenvalue weighted by Crippen LogP contribution is -3.19. The van der Waals surface area contributed by atoms with Gasteiger partial charge in [-0.2, -0.15) is 4.31 Å². The first-order valence-electron chi connectivity index (χ1n) is 8.95. The Kier molecular flexibility index (Phi) is 6.62. The highest BCUT2D eigenvalue weighted by Gasteiger charge is 2.34. The number of benzene rings is 2. The predicted molar refractivity (Wildman–Crippen MR) is 110 cm³/mol. The molecule has 28 heavy (non-hydrogen) atoms. The molecule has 9 heteroatoms. The Labute approximate surface area is 175 Å². The number of hydrogen-bond donors (Lipinski definition) is 2. The topological polar surface area (TPSA) is 70.9 Å². The van der Waals surface area contributed by atoms with E-state index in [0.29, 0.717) is 46.8 Å². The van der Waals surface area contributed by atoms with Crippen LogP contribution in [0, 0.1) is 0 Å². The van der Waals surface area contributed by atoms with Crippen molar-refractivity contribution in [1.29, 1.82) is 0 Å². The Morgan fingerprint density at radius 3 is 2.36 bits per heavy atom. The number of piperazine rings is 1. The lowest BCUT2D eigenvalue weighted by molar-refractivity contribution is -0.917. The Hall–Kier alpha value is -1.64. The quantitative estimate of drug-likeness (QED) is 0.742. The molecule has 0 aromatic heterocycles. The summed E-state index contributed by atoms with van der Waals surface area (Å²) in [7, 11) is -3.50. The maximum absolute atomic E-state index is 12.7. The number of sulfonamides is 1. The van der Waals surface area contributed by atoms with Gasteiger partial charge in [0.25, 0.3) is 5.91 Å². The third-order valence-electron chi connectivity index (χ3n) is 4.94. The van der Waals surface area contributed by atoms with E-state index in [1.165, 1.54) is 4.31 Å². The van der Waals surface area contributed by atoms with Crippen molar-refractivity contribution in [2.45, 2.75) is 17.9 Å². The van der Waals surface area contributed by atoms with Crippen LogP contribution in [0.1, 0.15) is 6.92 Å². The Morgan fingerprint density at radius 2 is 1.75 bits per heavy atom. The minimum Gasteiger partial charge on any atom is -0.323 e. The highest BCUT2D eigenvalue weighted by Crippen LogP contribution is 2.25. The van der Waals surface area contributed by atoms with Gasteiger partial charge in [-0.15, -0.1) is 0 Å². The van der Waals surface area contributed by atoms with E-state index in [4.69, 9.17) is 23.2 Å². The van der Waals surface area contributed by atoms with Crippen LogP contribution in [0.15, 0.2) is 53.4 Å². The summed E-state index contributed by atoms with van der Waals surface area (Å²) in [5.74, 6) is -0.168. The molecule has 0 aliphatic carbocycles. The van der Waals surface area contributed by atoms with Crippen molar-refractivity contribution in [2.24, 2.45) is 0 Å². The van der Waals surface area contributed by atoms with E-state index in [9.17, 15) is 13.2 Å². The van der Waals surface area contributed by atoms with Crippen LogP contribution in [-0.2, 0) is 14.8 Å². The number of hydrogen-bond acceptors (Lipinski definition) is 3. The van der Waals surface area contributed by atoms with Gasteiger partial charge >= 0.3 is 0 Å². The van der Waals surface area contributed by atoms with E-state index in [1.54, 1.807) is 48.5 Å². The Bertz CT molecular complexity index is 946. The maximum atomic E-state index is 12.7. The fourth-order valence-electron chi connectivity index (χ4n) is 3.21. The molecule has 1 atom stereocenters. The molecule has 1 heterocycles. The maximum Gasteiger partial charge on any atom is 0.282 e. The molecule has 150 valence electrons. The van der Waals surface area contributed by atoms with Crippen LogP contribution in [0.25, 0.3) is 0 Å². The lowest BCUT2D eigenvalue weighted by atomic mass is 10.2. The summed E-state index contributed by atoms with van der Waals surface area (Å²) in [6.45, 7) is 3.66. The van der Waals surface area contributed by atoms with E-state index in [-0.39, 0.29) is 11.9 Å². The van der Waals surface area contributed by atoms with Gasteiger partial charge in [-0.3, -0.25) is 4.79 Å². The molecule has 0 bridgehead atoms. The van der Waals surface area contributed by atoms with Gasteiger partial charge in [0.2, 0.25) is 10.0 Å². The molecule has 6 nitrogen and oxygen atoms in total. The van der Waals surface area contributed by atoms with Crippen LogP contribution >= 0.6 is 23.2 Å². The highest BCUT2D eigenvalue weighted by molar-refractivity contribution is 7.89.